The van der Waals surface area contributed by atoms with E-state index < -0.39 is 0 Å². The maximum Gasteiger partial charge on any atom is 0.138 e. The van der Waals surface area contributed by atoms with Crippen LogP contribution in [0, 0.1) is 0 Å². The van der Waals surface area contributed by atoms with Gasteiger partial charge in [-0.15, -0.1) is 0 Å². The van der Waals surface area contributed by atoms with Gasteiger partial charge in [0.15, 0.2) is 0 Å². The van der Waals surface area contributed by atoms with E-state index in [1.165, 1.54) is 11.1 Å². The number of aromatic nitrogens is 2. The van der Waals surface area contributed by atoms with Gasteiger partial charge in [0, 0.05) is 28.9 Å². The average molecular weight is 320 g/mol. The summed E-state index contributed by atoms with van der Waals surface area (Å²) in [6.07, 6.45) is 3.87. The SMILES string of the molecule is CCOc1ccccc1-c1c[nH]c2nccc(-c3ccsc3)c12. The van der Waals surface area contributed by atoms with Gasteiger partial charge in [0.1, 0.15) is 11.4 Å². The number of nitrogens with zero attached hydrogens (tertiary/aromatic N) is 1. The van der Waals surface area contributed by atoms with Crippen molar-refractivity contribution in [3.63, 3.8) is 0 Å². The van der Waals surface area contributed by atoms with Crippen LogP contribution in [0.4, 0.5) is 0 Å². The van der Waals surface area contributed by atoms with Gasteiger partial charge >= 0.3 is 0 Å². The number of H-pyrrole nitrogens is 1. The Labute approximate surface area is 138 Å². The first kappa shape index (κ1) is 14.0. The zero-order chi connectivity index (χ0) is 15.6. The molecule has 0 amide bonds. The van der Waals surface area contributed by atoms with Gasteiger partial charge in [0.2, 0.25) is 0 Å². The van der Waals surface area contributed by atoms with E-state index in [1.807, 2.05) is 37.5 Å². The second kappa shape index (κ2) is 5.89. The minimum Gasteiger partial charge on any atom is -0.493 e. The van der Waals surface area contributed by atoms with Gasteiger partial charge < -0.3 is 9.72 Å². The molecule has 0 unspecified atom stereocenters. The van der Waals surface area contributed by atoms with Gasteiger partial charge in [-0.3, -0.25) is 0 Å². The Balaban J connectivity index is 1.99. The topological polar surface area (TPSA) is 37.9 Å². The van der Waals surface area contributed by atoms with E-state index in [4.69, 9.17) is 4.74 Å². The third-order valence-corrected chi connectivity index (χ3v) is 4.57. The molecular weight excluding hydrogens is 304 g/mol. The fraction of sp³-hybridized carbons (Fsp3) is 0.105. The van der Waals surface area contributed by atoms with E-state index in [1.54, 1.807) is 11.3 Å². The molecule has 0 bridgehead atoms. The first-order valence-corrected chi connectivity index (χ1v) is 8.53. The predicted molar refractivity (Wildman–Crippen MR) is 96.0 cm³/mol. The van der Waals surface area contributed by atoms with Crippen LogP contribution in [0.15, 0.2) is 59.6 Å². The number of hydrogen-bond acceptors (Lipinski definition) is 3. The summed E-state index contributed by atoms with van der Waals surface area (Å²) in [4.78, 5) is 7.78. The molecule has 1 aromatic carbocycles. The summed E-state index contributed by atoms with van der Waals surface area (Å²) in [7, 11) is 0. The first-order valence-electron chi connectivity index (χ1n) is 7.59. The molecule has 0 saturated heterocycles. The quantitative estimate of drug-likeness (QED) is 0.550. The van der Waals surface area contributed by atoms with Crippen LogP contribution in [0.2, 0.25) is 0 Å². The number of ether oxygens (including phenoxy) is 1. The van der Waals surface area contributed by atoms with E-state index in [0.717, 1.165) is 27.9 Å². The van der Waals surface area contributed by atoms with Crippen LogP contribution in [0.5, 0.6) is 5.75 Å². The van der Waals surface area contributed by atoms with Crippen molar-refractivity contribution in [1.29, 1.82) is 0 Å². The average Bonchev–Trinajstić information content (AvgIpc) is 3.25. The van der Waals surface area contributed by atoms with Gasteiger partial charge in [-0.1, -0.05) is 18.2 Å². The van der Waals surface area contributed by atoms with Gasteiger partial charge in [-0.05, 0) is 47.0 Å². The summed E-state index contributed by atoms with van der Waals surface area (Å²) >= 11 is 1.70. The Hall–Kier alpha value is -2.59. The third-order valence-electron chi connectivity index (χ3n) is 3.88. The number of para-hydroxylation sites is 1. The highest BCUT2D eigenvalue weighted by molar-refractivity contribution is 7.08. The summed E-state index contributed by atoms with van der Waals surface area (Å²) in [5.41, 5.74) is 5.52. The number of rotatable bonds is 4. The van der Waals surface area contributed by atoms with Crippen molar-refractivity contribution < 1.29 is 4.74 Å². The number of benzene rings is 1. The van der Waals surface area contributed by atoms with Crippen LogP contribution < -0.4 is 4.74 Å². The van der Waals surface area contributed by atoms with Gasteiger partial charge in [0.25, 0.3) is 0 Å². The molecule has 1 N–H and O–H groups in total. The Morgan fingerprint density at radius 1 is 1.09 bits per heavy atom. The van der Waals surface area contributed by atoms with E-state index >= 15 is 0 Å². The van der Waals surface area contributed by atoms with Crippen molar-refractivity contribution in [2.75, 3.05) is 6.61 Å². The molecule has 0 saturated carbocycles. The molecule has 0 aliphatic rings. The molecule has 0 aliphatic carbocycles. The Morgan fingerprint density at radius 3 is 2.83 bits per heavy atom. The number of hydrogen-bond donors (Lipinski definition) is 1. The number of nitrogens with one attached hydrogen (secondary N) is 1. The molecule has 3 heterocycles. The van der Waals surface area contributed by atoms with Crippen LogP contribution >= 0.6 is 11.3 Å². The molecule has 3 aromatic heterocycles. The van der Waals surface area contributed by atoms with Crippen molar-refractivity contribution in [3.05, 3.63) is 59.6 Å². The molecule has 0 spiro atoms. The molecular formula is C19H16N2OS. The van der Waals surface area contributed by atoms with E-state index in [0.29, 0.717) is 6.61 Å². The number of aromatic amines is 1. The summed E-state index contributed by atoms with van der Waals surface area (Å²) < 4.78 is 5.81. The molecule has 3 nitrogen and oxygen atoms in total. The van der Waals surface area contributed by atoms with E-state index in [9.17, 15) is 0 Å². The normalized spacial score (nSPS) is 11.0. The van der Waals surface area contributed by atoms with Crippen molar-refractivity contribution in [1.82, 2.24) is 9.97 Å². The second-order valence-corrected chi connectivity index (χ2v) is 6.01. The predicted octanol–water partition coefficient (Wildman–Crippen LogP) is 5.36. The molecule has 0 radical (unpaired) electrons. The molecule has 114 valence electrons. The Bertz CT molecular complexity index is 941. The third kappa shape index (κ3) is 2.41. The first-order chi connectivity index (χ1) is 11.4. The minimum absolute atomic E-state index is 0.648. The summed E-state index contributed by atoms with van der Waals surface area (Å²) in [6, 6.07) is 12.4. The lowest BCUT2D eigenvalue weighted by atomic mass is 9.99. The number of thiophene rings is 1. The van der Waals surface area contributed by atoms with Crippen LogP contribution in [-0.2, 0) is 0 Å². The van der Waals surface area contributed by atoms with Crippen LogP contribution in [0.25, 0.3) is 33.3 Å². The monoisotopic (exact) mass is 320 g/mol. The minimum atomic E-state index is 0.648. The van der Waals surface area contributed by atoms with Gasteiger partial charge in [0.05, 0.1) is 6.61 Å². The molecule has 0 aliphatic heterocycles. The maximum atomic E-state index is 5.81. The second-order valence-electron chi connectivity index (χ2n) is 5.23. The lowest BCUT2D eigenvalue weighted by Gasteiger charge is -2.10. The molecule has 4 aromatic rings. The van der Waals surface area contributed by atoms with Crippen molar-refractivity contribution in [2.45, 2.75) is 6.92 Å². The summed E-state index contributed by atoms with van der Waals surface area (Å²) in [5, 5.41) is 5.40. The fourth-order valence-corrected chi connectivity index (χ4v) is 3.55. The standard InChI is InChI=1S/C19H16N2OS/c1-2-22-17-6-4-3-5-15(17)16-11-21-19-18(16)14(7-9-20-19)13-8-10-23-12-13/h3-12H,2H2,1H3,(H,20,21). The van der Waals surface area contributed by atoms with Crippen molar-refractivity contribution in [3.8, 4) is 28.0 Å². The van der Waals surface area contributed by atoms with Crippen LogP contribution in [0.1, 0.15) is 6.92 Å². The van der Waals surface area contributed by atoms with E-state index in [2.05, 4.69) is 38.9 Å². The maximum absolute atomic E-state index is 5.81. The Kier molecular flexibility index (Phi) is 3.60. The van der Waals surface area contributed by atoms with Crippen LogP contribution in [-0.4, -0.2) is 16.6 Å². The largest absolute Gasteiger partial charge is 0.493 e. The zero-order valence-corrected chi connectivity index (χ0v) is 13.6. The highest BCUT2D eigenvalue weighted by atomic mass is 32.1. The molecule has 0 atom stereocenters. The zero-order valence-electron chi connectivity index (χ0n) is 12.7. The lowest BCUT2D eigenvalue weighted by Crippen LogP contribution is -1.93. The summed E-state index contributed by atoms with van der Waals surface area (Å²) in [5.74, 6) is 0.899. The smallest absolute Gasteiger partial charge is 0.138 e. The highest BCUT2D eigenvalue weighted by Crippen LogP contribution is 2.39. The lowest BCUT2D eigenvalue weighted by molar-refractivity contribution is 0.341. The summed E-state index contributed by atoms with van der Waals surface area (Å²) in [6.45, 7) is 2.65. The van der Waals surface area contributed by atoms with Crippen molar-refractivity contribution >= 4 is 22.4 Å². The van der Waals surface area contributed by atoms with E-state index in [-0.39, 0.29) is 0 Å². The molecule has 4 heteroatoms. The number of pyridine rings is 1. The Morgan fingerprint density at radius 2 is 2.00 bits per heavy atom. The molecule has 0 fully saturated rings. The highest BCUT2D eigenvalue weighted by Gasteiger charge is 2.15. The number of fused-ring (bicyclic) bond motifs is 1. The molecule has 4 rings (SSSR count). The van der Waals surface area contributed by atoms with Crippen LogP contribution in [0.3, 0.4) is 0 Å². The van der Waals surface area contributed by atoms with Gasteiger partial charge in [-0.25, -0.2) is 4.98 Å². The molecule has 23 heavy (non-hydrogen) atoms. The van der Waals surface area contributed by atoms with Gasteiger partial charge in [-0.2, -0.15) is 11.3 Å². The van der Waals surface area contributed by atoms with Crippen molar-refractivity contribution in [2.24, 2.45) is 0 Å². The fourth-order valence-electron chi connectivity index (χ4n) is 2.90.